The minimum absolute atomic E-state index is 0.299. The van der Waals surface area contributed by atoms with E-state index >= 15 is 0 Å². The van der Waals surface area contributed by atoms with E-state index in [4.69, 9.17) is 9.47 Å². The van der Waals surface area contributed by atoms with Gasteiger partial charge in [-0.05, 0) is 27.7 Å². The van der Waals surface area contributed by atoms with Crippen LogP contribution in [-0.2, 0) is 14.3 Å². The Hall–Kier alpha value is -1.52. The maximum Gasteiger partial charge on any atom is 0.410 e. The third-order valence-corrected chi connectivity index (χ3v) is 1.62. The predicted octanol–water partition coefficient (Wildman–Crippen LogP) is 1.97. The molecule has 98 valence electrons. The van der Waals surface area contributed by atoms with E-state index in [1.165, 1.54) is 11.0 Å². The smallest absolute Gasteiger partial charge is 0.410 e. The van der Waals surface area contributed by atoms with Crippen LogP contribution in [0.2, 0.25) is 0 Å². The van der Waals surface area contributed by atoms with E-state index < -0.39 is 17.7 Å². The average Bonchev–Trinajstić information content (AvgIpc) is 2.15. The van der Waals surface area contributed by atoms with Crippen molar-refractivity contribution in [2.75, 3.05) is 20.2 Å². The van der Waals surface area contributed by atoms with Crippen LogP contribution in [0.1, 0.15) is 27.7 Å². The Morgan fingerprint density at radius 2 is 1.88 bits per heavy atom. The van der Waals surface area contributed by atoms with Gasteiger partial charge >= 0.3 is 12.1 Å². The third-order valence-electron chi connectivity index (χ3n) is 1.62. The van der Waals surface area contributed by atoms with Crippen molar-refractivity contribution in [2.45, 2.75) is 33.3 Å². The van der Waals surface area contributed by atoms with E-state index in [-0.39, 0.29) is 0 Å². The number of nitrogens with zero attached hydrogens (tertiary/aromatic N) is 1. The quantitative estimate of drug-likeness (QED) is 0.559. The number of carbonyl (C=O) groups is 2. The van der Waals surface area contributed by atoms with Crippen molar-refractivity contribution in [1.82, 2.24) is 4.90 Å². The first kappa shape index (κ1) is 15.5. The van der Waals surface area contributed by atoms with Crippen LogP contribution in [-0.4, -0.2) is 42.8 Å². The Labute approximate surface area is 102 Å². The number of hydrogen-bond acceptors (Lipinski definition) is 4. The lowest BCUT2D eigenvalue weighted by atomic mass is 10.2. The fourth-order valence-electron chi connectivity index (χ4n) is 0.912. The molecule has 5 nitrogen and oxygen atoms in total. The molecule has 0 spiro atoms. The zero-order chi connectivity index (χ0) is 13.5. The van der Waals surface area contributed by atoms with Crippen LogP contribution in [0, 0.1) is 0 Å². The first-order chi connectivity index (χ1) is 7.76. The molecule has 0 N–H and O–H groups in total. The summed E-state index contributed by atoms with van der Waals surface area (Å²) in [7, 11) is 1.60. The van der Waals surface area contributed by atoms with Crippen molar-refractivity contribution >= 4 is 12.1 Å². The molecule has 0 bridgehead atoms. The molecule has 0 saturated heterocycles. The second-order valence-electron chi connectivity index (χ2n) is 4.52. The van der Waals surface area contributed by atoms with Crippen LogP contribution in [0.5, 0.6) is 0 Å². The summed E-state index contributed by atoms with van der Waals surface area (Å²) in [6.07, 6.45) is 2.43. The monoisotopic (exact) mass is 243 g/mol. The van der Waals surface area contributed by atoms with E-state index in [2.05, 4.69) is 0 Å². The number of carbonyl (C=O) groups excluding carboxylic acids is 2. The molecular weight excluding hydrogens is 222 g/mol. The third kappa shape index (κ3) is 8.30. The van der Waals surface area contributed by atoms with Gasteiger partial charge in [0.25, 0.3) is 0 Å². The van der Waals surface area contributed by atoms with Crippen LogP contribution >= 0.6 is 0 Å². The van der Waals surface area contributed by atoms with E-state index in [0.29, 0.717) is 13.2 Å². The highest BCUT2D eigenvalue weighted by molar-refractivity contribution is 5.82. The van der Waals surface area contributed by atoms with Gasteiger partial charge < -0.3 is 14.4 Å². The normalized spacial score (nSPS) is 11.4. The standard InChI is InChI=1S/C12H21NO4/c1-6-16-10(14)8-7-9-13(5)11(15)17-12(2,3)4/h7-8H,6,9H2,1-5H3. The van der Waals surface area contributed by atoms with Gasteiger partial charge in [0.1, 0.15) is 5.60 Å². The minimum atomic E-state index is -0.518. The lowest BCUT2D eigenvalue weighted by Crippen LogP contribution is -2.34. The van der Waals surface area contributed by atoms with Crippen molar-refractivity contribution < 1.29 is 19.1 Å². The molecule has 0 saturated carbocycles. The number of ether oxygens (including phenoxy) is 2. The maximum absolute atomic E-state index is 11.5. The van der Waals surface area contributed by atoms with Crippen LogP contribution in [0.3, 0.4) is 0 Å². The van der Waals surface area contributed by atoms with Gasteiger partial charge in [0.15, 0.2) is 0 Å². The number of esters is 1. The molecule has 0 radical (unpaired) electrons. The van der Waals surface area contributed by atoms with Gasteiger partial charge in [0.05, 0.1) is 6.61 Å². The molecule has 0 aliphatic rings. The number of rotatable bonds is 4. The molecule has 1 amide bonds. The number of amides is 1. The van der Waals surface area contributed by atoms with Crippen LogP contribution < -0.4 is 0 Å². The van der Waals surface area contributed by atoms with Crippen LogP contribution in [0.15, 0.2) is 12.2 Å². The average molecular weight is 243 g/mol. The second-order valence-corrected chi connectivity index (χ2v) is 4.52. The fraction of sp³-hybridized carbons (Fsp3) is 0.667. The van der Waals surface area contributed by atoms with Crippen molar-refractivity contribution in [1.29, 1.82) is 0 Å². The van der Waals surface area contributed by atoms with Gasteiger partial charge in [-0.3, -0.25) is 0 Å². The SMILES string of the molecule is CCOC(=O)C=CCN(C)C(=O)OC(C)(C)C. The van der Waals surface area contributed by atoms with Gasteiger partial charge in [-0.15, -0.1) is 0 Å². The van der Waals surface area contributed by atoms with E-state index in [1.807, 2.05) is 0 Å². The highest BCUT2D eigenvalue weighted by atomic mass is 16.6. The Morgan fingerprint density at radius 3 is 2.35 bits per heavy atom. The first-order valence-electron chi connectivity index (χ1n) is 5.53. The number of likely N-dealkylation sites (N-methyl/N-ethyl adjacent to an activating group) is 1. The molecule has 0 aromatic heterocycles. The summed E-state index contributed by atoms with van der Waals surface area (Å²) in [6.45, 7) is 7.77. The molecular formula is C12H21NO4. The van der Waals surface area contributed by atoms with Gasteiger partial charge in [-0.2, -0.15) is 0 Å². The van der Waals surface area contributed by atoms with Gasteiger partial charge in [0.2, 0.25) is 0 Å². The Bertz CT molecular complexity index is 291. The Kier molecular flexibility index (Phi) is 6.31. The molecule has 0 unspecified atom stereocenters. The molecule has 5 heteroatoms. The summed E-state index contributed by atoms with van der Waals surface area (Å²) in [5, 5.41) is 0. The second kappa shape index (κ2) is 6.93. The summed E-state index contributed by atoms with van der Waals surface area (Å²) < 4.78 is 9.85. The molecule has 0 aromatic carbocycles. The summed E-state index contributed by atoms with van der Waals surface area (Å²) in [6, 6.07) is 0. The fourth-order valence-corrected chi connectivity index (χ4v) is 0.912. The molecule has 0 fully saturated rings. The Morgan fingerprint density at radius 1 is 1.29 bits per heavy atom. The molecule has 0 atom stereocenters. The molecule has 0 heterocycles. The highest BCUT2D eigenvalue weighted by Crippen LogP contribution is 2.08. The Balaban J connectivity index is 4.05. The van der Waals surface area contributed by atoms with Crippen molar-refractivity contribution in [3.05, 3.63) is 12.2 Å². The molecule has 0 aliphatic heterocycles. The van der Waals surface area contributed by atoms with E-state index in [0.717, 1.165) is 0 Å². The lowest BCUT2D eigenvalue weighted by molar-refractivity contribution is -0.137. The van der Waals surface area contributed by atoms with Gasteiger partial charge in [0, 0.05) is 19.7 Å². The van der Waals surface area contributed by atoms with Gasteiger partial charge in [-0.25, -0.2) is 9.59 Å². The number of hydrogen-bond donors (Lipinski definition) is 0. The minimum Gasteiger partial charge on any atom is -0.463 e. The van der Waals surface area contributed by atoms with Crippen LogP contribution in [0.25, 0.3) is 0 Å². The van der Waals surface area contributed by atoms with E-state index in [1.54, 1.807) is 40.8 Å². The molecule has 0 aromatic rings. The van der Waals surface area contributed by atoms with Crippen molar-refractivity contribution in [3.63, 3.8) is 0 Å². The highest BCUT2D eigenvalue weighted by Gasteiger charge is 2.18. The molecule has 0 rings (SSSR count). The first-order valence-corrected chi connectivity index (χ1v) is 5.53. The molecule has 0 aliphatic carbocycles. The lowest BCUT2D eigenvalue weighted by Gasteiger charge is -2.23. The predicted molar refractivity (Wildman–Crippen MR) is 64.6 cm³/mol. The summed E-state index contributed by atoms with van der Waals surface area (Å²) in [4.78, 5) is 23.9. The van der Waals surface area contributed by atoms with E-state index in [9.17, 15) is 9.59 Å². The topological polar surface area (TPSA) is 55.8 Å². The zero-order valence-corrected chi connectivity index (χ0v) is 11.1. The van der Waals surface area contributed by atoms with Gasteiger partial charge in [-0.1, -0.05) is 6.08 Å². The van der Waals surface area contributed by atoms with Crippen molar-refractivity contribution in [2.24, 2.45) is 0 Å². The zero-order valence-electron chi connectivity index (χ0n) is 11.1. The summed E-state index contributed by atoms with van der Waals surface area (Å²) in [5.41, 5.74) is -0.518. The summed E-state index contributed by atoms with van der Waals surface area (Å²) in [5.74, 6) is -0.412. The largest absolute Gasteiger partial charge is 0.463 e. The van der Waals surface area contributed by atoms with Crippen molar-refractivity contribution in [3.8, 4) is 0 Å². The molecule has 17 heavy (non-hydrogen) atoms. The maximum atomic E-state index is 11.5. The van der Waals surface area contributed by atoms with Crippen LogP contribution in [0.4, 0.5) is 4.79 Å². The summed E-state index contributed by atoms with van der Waals surface area (Å²) >= 11 is 0.